The van der Waals surface area contributed by atoms with Gasteiger partial charge in [0.1, 0.15) is 13.2 Å². The van der Waals surface area contributed by atoms with E-state index in [0.717, 1.165) is 5.69 Å². The van der Waals surface area contributed by atoms with E-state index in [2.05, 4.69) is 10.4 Å². The van der Waals surface area contributed by atoms with Gasteiger partial charge in [-0.05, 0) is 32.9 Å². The van der Waals surface area contributed by atoms with Gasteiger partial charge in [-0.2, -0.15) is 5.10 Å². The van der Waals surface area contributed by atoms with E-state index in [9.17, 15) is 9.59 Å². The van der Waals surface area contributed by atoms with Crippen molar-refractivity contribution in [3.8, 4) is 11.5 Å². The van der Waals surface area contributed by atoms with Crippen LogP contribution in [0.1, 0.15) is 28.7 Å². The van der Waals surface area contributed by atoms with Crippen LogP contribution in [0.15, 0.2) is 12.1 Å². The third kappa shape index (κ3) is 3.85. The van der Waals surface area contributed by atoms with E-state index in [1.807, 2.05) is 6.92 Å². The van der Waals surface area contributed by atoms with Crippen molar-refractivity contribution >= 4 is 29.2 Å². The first kappa shape index (κ1) is 19.0. The molecule has 1 unspecified atom stereocenters. The predicted molar refractivity (Wildman–Crippen MR) is 98.6 cm³/mol. The van der Waals surface area contributed by atoms with Gasteiger partial charge < -0.3 is 19.5 Å². The van der Waals surface area contributed by atoms with Crippen LogP contribution in [0.2, 0.25) is 5.02 Å². The van der Waals surface area contributed by atoms with E-state index in [-0.39, 0.29) is 10.6 Å². The maximum Gasteiger partial charge on any atom is 0.339 e. The molecule has 1 N–H and O–H groups in total. The molecule has 9 heteroatoms. The Morgan fingerprint density at radius 3 is 2.67 bits per heavy atom. The highest BCUT2D eigenvalue weighted by atomic mass is 35.5. The first-order valence-electron chi connectivity index (χ1n) is 8.39. The van der Waals surface area contributed by atoms with Gasteiger partial charge in [-0.15, -0.1) is 0 Å². The Bertz CT molecular complexity index is 909. The SMILES string of the molecule is Cc1nn(C)c(C)c1NC(=O)C(C)OC(=O)c1cc(Cl)c2c(c1)OCCO2. The normalized spacial score (nSPS) is 13.8. The van der Waals surface area contributed by atoms with Crippen LogP contribution < -0.4 is 14.8 Å². The van der Waals surface area contributed by atoms with E-state index in [1.54, 1.807) is 18.7 Å². The summed E-state index contributed by atoms with van der Waals surface area (Å²) in [7, 11) is 1.78. The highest BCUT2D eigenvalue weighted by molar-refractivity contribution is 6.32. The van der Waals surface area contributed by atoms with E-state index >= 15 is 0 Å². The standard InChI is InChI=1S/C18H20ClN3O5/c1-9-15(10(2)22(4)21-9)20-17(23)11(3)27-18(24)12-7-13(19)16-14(8-12)25-5-6-26-16/h7-8,11H,5-6H2,1-4H3,(H,20,23). The minimum atomic E-state index is -1.01. The summed E-state index contributed by atoms with van der Waals surface area (Å²) in [5, 5.41) is 7.23. The van der Waals surface area contributed by atoms with Crippen LogP contribution in [0.4, 0.5) is 5.69 Å². The van der Waals surface area contributed by atoms with E-state index < -0.39 is 18.0 Å². The van der Waals surface area contributed by atoms with Gasteiger partial charge in [-0.3, -0.25) is 9.48 Å². The lowest BCUT2D eigenvalue weighted by Crippen LogP contribution is -2.30. The highest BCUT2D eigenvalue weighted by Gasteiger charge is 2.24. The number of fused-ring (bicyclic) bond motifs is 1. The smallest absolute Gasteiger partial charge is 0.339 e. The molecule has 0 radical (unpaired) electrons. The number of carbonyl (C=O) groups excluding carboxylic acids is 2. The number of hydrogen-bond acceptors (Lipinski definition) is 6. The summed E-state index contributed by atoms with van der Waals surface area (Å²) < 4.78 is 17.8. The topological polar surface area (TPSA) is 91.7 Å². The third-order valence-electron chi connectivity index (χ3n) is 4.24. The molecule has 0 saturated carbocycles. The highest BCUT2D eigenvalue weighted by Crippen LogP contribution is 2.38. The number of benzene rings is 1. The summed E-state index contributed by atoms with van der Waals surface area (Å²) in [5.41, 5.74) is 2.27. The number of halogens is 1. The first-order valence-corrected chi connectivity index (χ1v) is 8.77. The summed E-state index contributed by atoms with van der Waals surface area (Å²) in [4.78, 5) is 24.8. The molecule has 1 aliphatic heterocycles. The molecule has 0 aliphatic carbocycles. The van der Waals surface area contributed by atoms with Crippen molar-refractivity contribution in [1.82, 2.24) is 9.78 Å². The van der Waals surface area contributed by atoms with Crippen molar-refractivity contribution in [2.24, 2.45) is 7.05 Å². The molecule has 0 saturated heterocycles. The second kappa shape index (κ2) is 7.48. The van der Waals surface area contributed by atoms with Crippen LogP contribution >= 0.6 is 11.6 Å². The van der Waals surface area contributed by atoms with Gasteiger partial charge in [0.15, 0.2) is 17.6 Å². The molecule has 1 atom stereocenters. The van der Waals surface area contributed by atoms with Crippen LogP contribution in [-0.4, -0.2) is 41.0 Å². The lowest BCUT2D eigenvalue weighted by atomic mass is 10.2. The number of carbonyl (C=O) groups is 2. The average molecular weight is 394 g/mol. The lowest BCUT2D eigenvalue weighted by molar-refractivity contribution is -0.123. The van der Waals surface area contributed by atoms with Gasteiger partial charge >= 0.3 is 5.97 Å². The van der Waals surface area contributed by atoms with Gasteiger partial charge in [0, 0.05) is 7.05 Å². The fraction of sp³-hybridized carbons (Fsp3) is 0.389. The molecule has 27 heavy (non-hydrogen) atoms. The largest absolute Gasteiger partial charge is 0.486 e. The number of amides is 1. The molecule has 0 fully saturated rings. The van der Waals surface area contributed by atoms with Gasteiger partial charge in [0.25, 0.3) is 5.91 Å². The summed E-state index contributed by atoms with van der Waals surface area (Å²) in [5.74, 6) is -0.366. The summed E-state index contributed by atoms with van der Waals surface area (Å²) in [6.45, 7) is 5.87. The molecule has 0 spiro atoms. The molecule has 3 rings (SSSR count). The monoisotopic (exact) mass is 393 g/mol. The summed E-state index contributed by atoms with van der Waals surface area (Å²) >= 11 is 6.13. The average Bonchev–Trinajstić information content (AvgIpc) is 2.87. The molecular weight excluding hydrogens is 374 g/mol. The summed E-state index contributed by atoms with van der Waals surface area (Å²) in [6.07, 6.45) is -1.01. The molecule has 1 aromatic heterocycles. The van der Waals surface area contributed by atoms with Crippen molar-refractivity contribution in [3.05, 3.63) is 34.1 Å². The minimum absolute atomic E-state index is 0.178. The van der Waals surface area contributed by atoms with E-state index in [1.165, 1.54) is 19.1 Å². The zero-order chi connectivity index (χ0) is 19.7. The predicted octanol–water partition coefficient (Wildman–Crippen LogP) is 2.65. The van der Waals surface area contributed by atoms with Crippen LogP contribution in [0.5, 0.6) is 11.5 Å². The number of anilines is 1. The van der Waals surface area contributed by atoms with Crippen LogP contribution in [0, 0.1) is 13.8 Å². The van der Waals surface area contributed by atoms with Gasteiger partial charge in [-0.25, -0.2) is 4.79 Å². The molecule has 144 valence electrons. The zero-order valence-electron chi connectivity index (χ0n) is 15.5. The van der Waals surface area contributed by atoms with Gasteiger partial charge in [-0.1, -0.05) is 11.6 Å². The van der Waals surface area contributed by atoms with Crippen LogP contribution in [-0.2, 0) is 16.6 Å². The molecule has 1 amide bonds. The van der Waals surface area contributed by atoms with Crippen molar-refractivity contribution in [3.63, 3.8) is 0 Å². The molecular formula is C18H20ClN3O5. The number of esters is 1. The Morgan fingerprint density at radius 1 is 1.30 bits per heavy atom. The maximum atomic E-state index is 12.4. The Balaban J connectivity index is 1.70. The molecule has 2 heterocycles. The van der Waals surface area contributed by atoms with Crippen LogP contribution in [0.25, 0.3) is 0 Å². The summed E-state index contributed by atoms with van der Waals surface area (Å²) in [6, 6.07) is 2.92. The van der Waals surface area contributed by atoms with E-state index in [4.69, 9.17) is 25.8 Å². The fourth-order valence-electron chi connectivity index (χ4n) is 2.69. The quantitative estimate of drug-likeness (QED) is 0.803. The van der Waals surface area contributed by atoms with E-state index in [0.29, 0.717) is 36.1 Å². The van der Waals surface area contributed by atoms with Gasteiger partial charge in [0.2, 0.25) is 0 Å². The fourth-order valence-corrected chi connectivity index (χ4v) is 2.96. The molecule has 1 aromatic carbocycles. The van der Waals surface area contributed by atoms with Crippen LogP contribution in [0.3, 0.4) is 0 Å². The van der Waals surface area contributed by atoms with Crippen molar-refractivity contribution < 1.29 is 23.8 Å². The number of rotatable bonds is 4. The van der Waals surface area contributed by atoms with Gasteiger partial charge in [0.05, 0.1) is 27.7 Å². The number of nitrogens with zero attached hydrogens (tertiary/aromatic N) is 2. The second-order valence-electron chi connectivity index (χ2n) is 6.19. The third-order valence-corrected chi connectivity index (χ3v) is 4.52. The van der Waals surface area contributed by atoms with Crippen molar-refractivity contribution in [2.75, 3.05) is 18.5 Å². The Kier molecular flexibility index (Phi) is 5.27. The minimum Gasteiger partial charge on any atom is -0.486 e. The number of aromatic nitrogens is 2. The number of ether oxygens (including phenoxy) is 3. The second-order valence-corrected chi connectivity index (χ2v) is 6.60. The zero-order valence-corrected chi connectivity index (χ0v) is 16.2. The molecule has 0 bridgehead atoms. The number of nitrogens with one attached hydrogen (secondary N) is 1. The van der Waals surface area contributed by atoms with Crippen molar-refractivity contribution in [1.29, 1.82) is 0 Å². The Morgan fingerprint density at radius 2 is 2.00 bits per heavy atom. The molecule has 2 aromatic rings. The molecule has 1 aliphatic rings. The maximum absolute atomic E-state index is 12.4. The number of hydrogen-bond donors (Lipinski definition) is 1. The lowest BCUT2D eigenvalue weighted by Gasteiger charge is -2.20. The Labute approximate surface area is 161 Å². The molecule has 8 nitrogen and oxygen atoms in total. The Hall–Kier alpha value is -2.74. The first-order chi connectivity index (χ1) is 12.8. The van der Waals surface area contributed by atoms with Crippen molar-refractivity contribution in [2.45, 2.75) is 26.9 Å². The number of aryl methyl sites for hydroxylation is 2.